The zero-order valence-electron chi connectivity index (χ0n) is 12.4. The second-order valence-electron chi connectivity index (χ2n) is 6.30. The molecule has 2 aliphatic carbocycles. The van der Waals surface area contributed by atoms with Gasteiger partial charge >= 0.3 is 0 Å². The van der Waals surface area contributed by atoms with E-state index in [0.717, 1.165) is 18.7 Å². The van der Waals surface area contributed by atoms with E-state index >= 15 is 0 Å². The maximum absolute atomic E-state index is 13.3. The SMILES string of the molecule is CCNC1CC(Oc2ccc(F)c(C)c2)C12CCCC2. The van der Waals surface area contributed by atoms with Gasteiger partial charge in [0.1, 0.15) is 17.7 Å². The first-order valence-corrected chi connectivity index (χ1v) is 7.82. The highest BCUT2D eigenvalue weighted by Gasteiger charge is 2.57. The zero-order valence-corrected chi connectivity index (χ0v) is 12.4. The van der Waals surface area contributed by atoms with Crippen LogP contribution in [0, 0.1) is 18.2 Å². The highest BCUT2D eigenvalue weighted by molar-refractivity contribution is 5.30. The Kier molecular flexibility index (Phi) is 3.72. The molecule has 0 aromatic heterocycles. The molecule has 2 aliphatic rings. The van der Waals surface area contributed by atoms with Crippen molar-refractivity contribution in [2.75, 3.05) is 6.54 Å². The van der Waals surface area contributed by atoms with Gasteiger partial charge in [0, 0.05) is 17.9 Å². The van der Waals surface area contributed by atoms with Crippen molar-refractivity contribution in [2.45, 2.75) is 58.1 Å². The third-order valence-corrected chi connectivity index (χ3v) is 5.18. The first-order chi connectivity index (χ1) is 9.65. The summed E-state index contributed by atoms with van der Waals surface area (Å²) in [4.78, 5) is 0. The summed E-state index contributed by atoms with van der Waals surface area (Å²) in [5.74, 6) is 0.655. The standard InChI is InChI=1S/C17H24FNO/c1-3-19-15-11-16(17(15)8-4-5-9-17)20-13-6-7-14(18)12(2)10-13/h6-7,10,15-16,19H,3-5,8-9,11H2,1-2H3. The molecule has 0 heterocycles. The van der Waals surface area contributed by atoms with Crippen LogP contribution in [-0.4, -0.2) is 18.7 Å². The van der Waals surface area contributed by atoms with Gasteiger partial charge in [0.05, 0.1) is 0 Å². The molecule has 2 unspecified atom stereocenters. The Balaban J connectivity index is 1.72. The molecular weight excluding hydrogens is 253 g/mol. The van der Waals surface area contributed by atoms with Gasteiger partial charge in [-0.05, 0) is 50.1 Å². The van der Waals surface area contributed by atoms with E-state index in [1.807, 2.05) is 6.07 Å². The van der Waals surface area contributed by atoms with E-state index in [-0.39, 0.29) is 5.82 Å². The average Bonchev–Trinajstić information content (AvgIpc) is 2.94. The van der Waals surface area contributed by atoms with E-state index in [0.29, 0.717) is 23.1 Å². The van der Waals surface area contributed by atoms with Crippen LogP contribution in [0.25, 0.3) is 0 Å². The minimum Gasteiger partial charge on any atom is -0.490 e. The summed E-state index contributed by atoms with van der Waals surface area (Å²) in [6, 6.07) is 5.68. The minimum atomic E-state index is -0.160. The lowest BCUT2D eigenvalue weighted by Gasteiger charge is -2.54. The number of hydrogen-bond acceptors (Lipinski definition) is 2. The number of hydrogen-bond donors (Lipinski definition) is 1. The largest absolute Gasteiger partial charge is 0.490 e. The van der Waals surface area contributed by atoms with Crippen molar-refractivity contribution in [1.82, 2.24) is 5.32 Å². The molecule has 1 N–H and O–H groups in total. The van der Waals surface area contributed by atoms with E-state index < -0.39 is 0 Å². The maximum atomic E-state index is 13.3. The first-order valence-electron chi connectivity index (χ1n) is 7.82. The Morgan fingerprint density at radius 3 is 2.75 bits per heavy atom. The van der Waals surface area contributed by atoms with Crippen molar-refractivity contribution >= 4 is 0 Å². The van der Waals surface area contributed by atoms with Gasteiger partial charge in [-0.15, -0.1) is 0 Å². The van der Waals surface area contributed by atoms with Crippen molar-refractivity contribution < 1.29 is 9.13 Å². The fourth-order valence-electron chi connectivity index (χ4n) is 4.00. The van der Waals surface area contributed by atoms with E-state index in [4.69, 9.17) is 4.74 Å². The Labute approximate surface area is 120 Å². The molecule has 20 heavy (non-hydrogen) atoms. The number of rotatable bonds is 4. The van der Waals surface area contributed by atoms with E-state index in [1.165, 1.54) is 31.7 Å². The normalized spacial score (nSPS) is 27.6. The minimum absolute atomic E-state index is 0.160. The summed E-state index contributed by atoms with van der Waals surface area (Å²) in [6.45, 7) is 4.98. The third-order valence-electron chi connectivity index (χ3n) is 5.18. The summed E-state index contributed by atoms with van der Waals surface area (Å²) < 4.78 is 19.5. The molecule has 2 fully saturated rings. The molecule has 0 amide bonds. The van der Waals surface area contributed by atoms with Gasteiger partial charge in [0.25, 0.3) is 0 Å². The maximum Gasteiger partial charge on any atom is 0.126 e. The molecule has 1 aromatic carbocycles. The van der Waals surface area contributed by atoms with Crippen molar-refractivity contribution in [3.8, 4) is 5.75 Å². The second kappa shape index (κ2) is 5.36. The lowest BCUT2D eigenvalue weighted by molar-refractivity contribution is -0.0755. The molecule has 3 rings (SSSR count). The summed E-state index contributed by atoms with van der Waals surface area (Å²) >= 11 is 0. The number of nitrogens with one attached hydrogen (secondary N) is 1. The summed E-state index contributed by atoms with van der Waals surface area (Å²) in [5.41, 5.74) is 0.976. The van der Waals surface area contributed by atoms with Crippen LogP contribution >= 0.6 is 0 Å². The third kappa shape index (κ3) is 2.22. The van der Waals surface area contributed by atoms with Crippen LogP contribution in [0.3, 0.4) is 0 Å². The van der Waals surface area contributed by atoms with Crippen molar-refractivity contribution in [1.29, 1.82) is 0 Å². The fraction of sp³-hybridized carbons (Fsp3) is 0.647. The quantitative estimate of drug-likeness (QED) is 0.903. The van der Waals surface area contributed by atoms with Crippen molar-refractivity contribution in [3.63, 3.8) is 0 Å². The molecule has 110 valence electrons. The first kappa shape index (κ1) is 13.9. The number of benzene rings is 1. The van der Waals surface area contributed by atoms with E-state index in [2.05, 4.69) is 12.2 Å². The highest BCUT2D eigenvalue weighted by atomic mass is 19.1. The van der Waals surface area contributed by atoms with Crippen LogP contribution in [0.4, 0.5) is 4.39 Å². The predicted octanol–water partition coefficient (Wildman–Crippen LogP) is 3.82. The zero-order chi connectivity index (χ0) is 14.2. The van der Waals surface area contributed by atoms with Gasteiger partial charge in [-0.25, -0.2) is 4.39 Å². The predicted molar refractivity (Wildman–Crippen MR) is 78.5 cm³/mol. The van der Waals surface area contributed by atoms with Gasteiger partial charge in [0.2, 0.25) is 0 Å². The Morgan fingerprint density at radius 2 is 2.10 bits per heavy atom. The monoisotopic (exact) mass is 277 g/mol. The molecule has 0 saturated heterocycles. The van der Waals surface area contributed by atoms with Crippen LogP contribution in [-0.2, 0) is 0 Å². The molecule has 0 bridgehead atoms. The van der Waals surface area contributed by atoms with Gasteiger partial charge < -0.3 is 10.1 Å². The Bertz CT molecular complexity index is 482. The molecular formula is C17H24FNO. The van der Waals surface area contributed by atoms with Crippen LogP contribution in [0.15, 0.2) is 18.2 Å². The summed E-state index contributed by atoms with van der Waals surface area (Å²) in [6.07, 6.45) is 6.50. The molecule has 0 aliphatic heterocycles. The van der Waals surface area contributed by atoms with Gasteiger partial charge in [0.15, 0.2) is 0 Å². The molecule has 3 heteroatoms. The number of halogens is 1. The Morgan fingerprint density at radius 1 is 1.35 bits per heavy atom. The average molecular weight is 277 g/mol. The van der Waals surface area contributed by atoms with Gasteiger partial charge in [-0.3, -0.25) is 0 Å². The van der Waals surface area contributed by atoms with Crippen molar-refractivity contribution in [2.24, 2.45) is 5.41 Å². The van der Waals surface area contributed by atoms with E-state index in [9.17, 15) is 4.39 Å². The second-order valence-corrected chi connectivity index (χ2v) is 6.30. The summed E-state index contributed by atoms with van der Waals surface area (Å²) in [7, 11) is 0. The molecule has 0 radical (unpaired) electrons. The van der Waals surface area contributed by atoms with Gasteiger partial charge in [-0.1, -0.05) is 19.8 Å². The topological polar surface area (TPSA) is 21.3 Å². The van der Waals surface area contributed by atoms with Crippen LogP contribution in [0.5, 0.6) is 5.75 Å². The smallest absolute Gasteiger partial charge is 0.126 e. The lowest BCUT2D eigenvalue weighted by atomic mass is 9.60. The van der Waals surface area contributed by atoms with Crippen molar-refractivity contribution in [3.05, 3.63) is 29.6 Å². The lowest BCUT2D eigenvalue weighted by Crippen LogP contribution is -2.63. The van der Waals surface area contributed by atoms with Crippen LogP contribution in [0.1, 0.15) is 44.6 Å². The van der Waals surface area contributed by atoms with E-state index in [1.54, 1.807) is 13.0 Å². The van der Waals surface area contributed by atoms with Crippen LogP contribution in [0.2, 0.25) is 0 Å². The molecule has 1 aromatic rings. The summed E-state index contributed by atoms with van der Waals surface area (Å²) in [5, 5.41) is 3.61. The molecule has 2 saturated carbocycles. The Hall–Kier alpha value is -1.09. The molecule has 2 atom stereocenters. The number of aryl methyl sites for hydroxylation is 1. The molecule has 2 nitrogen and oxygen atoms in total. The number of ether oxygens (including phenoxy) is 1. The highest BCUT2D eigenvalue weighted by Crippen LogP contribution is 2.54. The fourth-order valence-corrected chi connectivity index (χ4v) is 4.00. The molecule has 1 spiro atoms. The van der Waals surface area contributed by atoms with Gasteiger partial charge in [-0.2, -0.15) is 0 Å². The van der Waals surface area contributed by atoms with Crippen LogP contribution < -0.4 is 10.1 Å².